The van der Waals surface area contributed by atoms with Gasteiger partial charge < -0.3 is 10.6 Å². The molecule has 1 aliphatic heterocycles. The average molecular weight is 212 g/mol. The number of nitrogens with one attached hydrogen (secondary N) is 2. The first-order chi connectivity index (χ1) is 7.25. The van der Waals surface area contributed by atoms with Crippen LogP contribution in [0, 0.1) is 5.92 Å². The quantitative estimate of drug-likeness (QED) is 0.658. The lowest BCUT2D eigenvalue weighted by Crippen LogP contribution is -2.37. The monoisotopic (exact) mass is 212 g/mol. The van der Waals surface area contributed by atoms with Crippen LogP contribution in [0.4, 0.5) is 0 Å². The molecule has 2 unspecified atom stereocenters. The van der Waals surface area contributed by atoms with Gasteiger partial charge >= 0.3 is 0 Å². The Morgan fingerprint density at radius 3 is 2.80 bits per heavy atom. The van der Waals surface area contributed by atoms with E-state index in [4.69, 9.17) is 0 Å². The zero-order chi connectivity index (χ0) is 11.1. The molecular weight excluding hydrogens is 188 g/mol. The molecule has 1 aliphatic rings. The lowest BCUT2D eigenvalue weighted by Gasteiger charge is -2.14. The normalized spacial score (nSPS) is 25.5. The van der Waals surface area contributed by atoms with Crippen LogP contribution in [0.1, 0.15) is 46.0 Å². The van der Waals surface area contributed by atoms with E-state index in [-0.39, 0.29) is 11.8 Å². The van der Waals surface area contributed by atoms with E-state index in [9.17, 15) is 4.79 Å². The molecule has 3 nitrogen and oxygen atoms in total. The van der Waals surface area contributed by atoms with Crippen LogP contribution in [0.3, 0.4) is 0 Å². The minimum Gasteiger partial charge on any atom is -0.356 e. The van der Waals surface area contributed by atoms with Crippen LogP contribution in [-0.2, 0) is 4.79 Å². The van der Waals surface area contributed by atoms with E-state index < -0.39 is 0 Å². The minimum absolute atomic E-state index is 0.191. The molecule has 1 fully saturated rings. The molecule has 1 amide bonds. The Bertz CT molecular complexity index is 194. The zero-order valence-corrected chi connectivity index (χ0v) is 10.0. The van der Waals surface area contributed by atoms with Crippen molar-refractivity contribution in [2.45, 2.75) is 52.0 Å². The minimum atomic E-state index is 0.191. The Kier molecular flexibility index (Phi) is 5.69. The van der Waals surface area contributed by atoms with E-state index in [0.717, 1.165) is 25.9 Å². The van der Waals surface area contributed by atoms with Gasteiger partial charge in [-0.25, -0.2) is 0 Å². The number of hydrogen-bond acceptors (Lipinski definition) is 2. The molecule has 1 rings (SSSR count). The maximum absolute atomic E-state index is 11.7. The third-order valence-electron chi connectivity index (χ3n) is 3.19. The molecule has 0 spiro atoms. The Hall–Kier alpha value is -0.570. The number of unbranched alkanes of at least 4 members (excludes halogenated alkanes) is 3. The third kappa shape index (κ3) is 4.20. The number of amides is 1. The highest BCUT2D eigenvalue weighted by Gasteiger charge is 2.28. The van der Waals surface area contributed by atoms with E-state index in [1.54, 1.807) is 0 Å². The molecule has 2 N–H and O–H groups in total. The predicted molar refractivity (Wildman–Crippen MR) is 62.7 cm³/mol. The highest BCUT2D eigenvalue weighted by molar-refractivity contribution is 5.79. The van der Waals surface area contributed by atoms with Crippen LogP contribution in [0.5, 0.6) is 0 Å². The van der Waals surface area contributed by atoms with Crippen LogP contribution in [0.2, 0.25) is 0 Å². The van der Waals surface area contributed by atoms with Crippen molar-refractivity contribution in [1.82, 2.24) is 10.6 Å². The van der Waals surface area contributed by atoms with Gasteiger partial charge in [-0.15, -0.1) is 0 Å². The van der Waals surface area contributed by atoms with Crippen LogP contribution >= 0.6 is 0 Å². The molecule has 0 aromatic carbocycles. The van der Waals surface area contributed by atoms with Crippen molar-refractivity contribution >= 4 is 5.91 Å². The number of carbonyl (C=O) groups excluding carboxylic acids is 1. The van der Waals surface area contributed by atoms with Gasteiger partial charge in [0.05, 0.1) is 5.92 Å². The van der Waals surface area contributed by atoms with Gasteiger partial charge in [0.15, 0.2) is 0 Å². The summed E-state index contributed by atoms with van der Waals surface area (Å²) in [5.74, 6) is 0.431. The van der Waals surface area contributed by atoms with Crippen LogP contribution in [0.25, 0.3) is 0 Å². The first kappa shape index (κ1) is 12.5. The molecule has 15 heavy (non-hydrogen) atoms. The Morgan fingerprint density at radius 1 is 1.40 bits per heavy atom. The Labute approximate surface area is 93.0 Å². The molecule has 0 saturated carbocycles. The van der Waals surface area contributed by atoms with Crippen LogP contribution < -0.4 is 10.6 Å². The number of hydrogen-bond donors (Lipinski definition) is 2. The van der Waals surface area contributed by atoms with Crippen LogP contribution in [-0.4, -0.2) is 25.0 Å². The van der Waals surface area contributed by atoms with Gasteiger partial charge in [0, 0.05) is 12.6 Å². The molecule has 0 aromatic rings. The van der Waals surface area contributed by atoms with Crippen molar-refractivity contribution < 1.29 is 4.79 Å². The maximum Gasteiger partial charge on any atom is 0.224 e. The first-order valence-electron chi connectivity index (χ1n) is 6.26. The third-order valence-corrected chi connectivity index (χ3v) is 3.19. The van der Waals surface area contributed by atoms with Gasteiger partial charge in [0.2, 0.25) is 5.91 Å². The molecule has 2 atom stereocenters. The molecule has 0 aromatic heterocycles. The topological polar surface area (TPSA) is 41.1 Å². The average Bonchev–Trinajstić information content (AvgIpc) is 2.64. The summed E-state index contributed by atoms with van der Waals surface area (Å²) < 4.78 is 0. The molecule has 0 radical (unpaired) electrons. The summed E-state index contributed by atoms with van der Waals surface area (Å²) in [5.41, 5.74) is 0. The van der Waals surface area contributed by atoms with E-state index in [1.165, 1.54) is 19.3 Å². The van der Waals surface area contributed by atoms with Gasteiger partial charge in [-0.05, 0) is 26.3 Å². The predicted octanol–water partition coefficient (Wildman–Crippen LogP) is 1.68. The lowest BCUT2D eigenvalue weighted by atomic mass is 10.0. The van der Waals surface area contributed by atoms with Gasteiger partial charge in [-0.3, -0.25) is 4.79 Å². The van der Waals surface area contributed by atoms with Crippen molar-refractivity contribution in [1.29, 1.82) is 0 Å². The molecule has 88 valence electrons. The molecule has 1 heterocycles. The Morgan fingerprint density at radius 2 is 2.20 bits per heavy atom. The van der Waals surface area contributed by atoms with Crippen molar-refractivity contribution in [3.63, 3.8) is 0 Å². The zero-order valence-electron chi connectivity index (χ0n) is 10.0. The molecule has 0 aliphatic carbocycles. The molecule has 0 bridgehead atoms. The largest absolute Gasteiger partial charge is 0.356 e. The SMILES string of the molecule is CCCCCCNC(=O)C1CCNC1C. The summed E-state index contributed by atoms with van der Waals surface area (Å²) in [6, 6.07) is 0.348. The van der Waals surface area contributed by atoms with Crippen molar-refractivity contribution in [2.24, 2.45) is 5.92 Å². The van der Waals surface area contributed by atoms with Gasteiger partial charge in [-0.2, -0.15) is 0 Å². The highest BCUT2D eigenvalue weighted by Crippen LogP contribution is 2.14. The van der Waals surface area contributed by atoms with Gasteiger partial charge in [-0.1, -0.05) is 26.2 Å². The summed E-state index contributed by atoms with van der Waals surface area (Å²) in [4.78, 5) is 11.7. The fourth-order valence-electron chi connectivity index (χ4n) is 2.11. The summed E-state index contributed by atoms with van der Waals surface area (Å²) in [6.45, 7) is 6.12. The maximum atomic E-state index is 11.7. The fourth-order valence-corrected chi connectivity index (χ4v) is 2.11. The lowest BCUT2D eigenvalue weighted by molar-refractivity contribution is -0.125. The second kappa shape index (κ2) is 6.83. The molecule has 1 saturated heterocycles. The van der Waals surface area contributed by atoms with Gasteiger partial charge in [0.1, 0.15) is 0 Å². The summed E-state index contributed by atoms with van der Waals surface area (Å²) in [5, 5.41) is 6.34. The van der Waals surface area contributed by atoms with E-state index in [2.05, 4.69) is 24.5 Å². The van der Waals surface area contributed by atoms with Gasteiger partial charge in [0.25, 0.3) is 0 Å². The highest BCUT2D eigenvalue weighted by atomic mass is 16.1. The van der Waals surface area contributed by atoms with Crippen LogP contribution in [0.15, 0.2) is 0 Å². The van der Waals surface area contributed by atoms with E-state index in [0.29, 0.717) is 6.04 Å². The Balaban J connectivity index is 2.08. The van der Waals surface area contributed by atoms with Crippen molar-refractivity contribution in [3.8, 4) is 0 Å². The summed E-state index contributed by atoms with van der Waals surface area (Å²) >= 11 is 0. The smallest absolute Gasteiger partial charge is 0.224 e. The first-order valence-corrected chi connectivity index (χ1v) is 6.26. The second-order valence-electron chi connectivity index (χ2n) is 4.49. The standard InChI is InChI=1S/C12H24N2O/c1-3-4-5-6-8-14-12(15)11-7-9-13-10(11)2/h10-11,13H,3-9H2,1-2H3,(H,14,15). The number of carbonyl (C=O) groups is 1. The van der Waals surface area contributed by atoms with Crippen molar-refractivity contribution in [3.05, 3.63) is 0 Å². The van der Waals surface area contributed by atoms with E-state index in [1.807, 2.05) is 0 Å². The summed E-state index contributed by atoms with van der Waals surface area (Å²) in [6.07, 6.45) is 5.86. The molecular formula is C12H24N2O. The number of rotatable bonds is 6. The molecule has 3 heteroatoms. The summed E-state index contributed by atoms with van der Waals surface area (Å²) in [7, 11) is 0. The van der Waals surface area contributed by atoms with Crippen molar-refractivity contribution in [2.75, 3.05) is 13.1 Å². The fraction of sp³-hybridized carbons (Fsp3) is 0.917. The second-order valence-corrected chi connectivity index (χ2v) is 4.49. The van der Waals surface area contributed by atoms with E-state index >= 15 is 0 Å².